The van der Waals surface area contributed by atoms with Crippen LogP contribution in [-0.2, 0) is 45.6 Å². The van der Waals surface area contributed by atoms with E-state index in [4.69, 9.17) is 28.4 Å². The molecule has 18 nitrogen and oxygen atoms in total. The Morgan fingerprint density at radius 3 is 2.45 bits per heavy atom. The zero-order valence-electron chi connectivity index (χ0n) is 40.8. The molecular formula is C53H64N8O10. The van der Waals surface area contributed by atoms with Crippen LogP contribution in [0.25, 0.3) is 0 Å². The fourth-order valence-electron chi connectivity index (χ4n) is 11.9. The van der Waals surface area contributed by atoms with E-state index in [9.17, 15) is 19.5 Å². The Hall–Kier alpha value is -6.34. The van der Waals surface area contributed by atoms with Gasteiger partial charge in [-0.05, 0) is 120 Å². The number of ketones is 1. The minimum atomic E-state index is -1.02. The van der Waals surface area contributed by atoms with Crippen LogP contribution in [0.1, 0.15) is 99.4 Å². The first-order valence-electron chi connectivity index (χ1n) is 25.1. The second kappa shape index (κ2) is 20.8. The van der Waals surface area contributed by atoms with Crippen molar-refractivity contribution in [1.82, 2.24) is 35.4 Å². The fraction of sp³-hybridized carbons (Fsp3) is 0.509. The van der Waals surface area contributed by atoms with E-state index in [-0.39, 0.29) is 22.3 Å². The molecular weight excluding hydrogens is 909 g/mol. The highest BCUT2D eigenvalue weighted by Crippen LogP contribution is 2.78. The summed E-state index contributed by atoms with van der Waals surface area (Å²) in [4.78, 5) is 40.8. The van der Waals surface area contributed by atoms with Gasteiger partial charge in [0.1, 0.15) is 17.2 Å². The summed E-state index contributed by atoms with van der Waals surface area (Å²) in [6.07, 6.45) is 9.39. The van der Waals surface area contributed by atoms with Gasteiger partial charge >= 0.3 is 11.9 Å². The number of carboxylic acid groups (broad SMARTS) is 1. The van der Waals surface area contributed by atoms with Crippen LogP contribution < -0.4 is 29.6 Å². The monoisotopic (exact) mass is 972 g/mol. The number of Topliss-reactive ketones (excluding diaryl/α,β-unsaturated/α-hetero) is 1. The molecule has 2 spiro atoms. The molecule has 376 valence electrons. The third-order valence-corrected chi connectivity index (χ3v) is 15.3. The van der Waals surface area contributed by atoms with Gasteiger partial charge in [0, 0.05) is 53.5 Å². The van der Waals surface area contributed by atoms with Crippen molar-refractivity contribution in [2.24, 2.45) is 5.92 Å². The fourth-order valence-corrected chi connectivity index (χ4v) is 11.9. The number of likely N-dealkylation sites (N-methyl/N-ethyl adjacent to an activating group) is 1. The number of anilines is 1. The number of nitrogens with one attached hydrogen (secondary N) is 3. The third-order valence-electron chi connectivity index (χ3n) is 15.3. The van der Waals surface area contributed by atoms with Crippen LogP contribution in [-0.4, -0.2) is 130 Å². The molecule has 4 aliphatic carbocycles. The lowest BCUT2D eigenvalue weighted by Gasteiger charge is -2.81. The normalized spacial score (nSPS) is 22.0. The van der Waals surface area contributed by atoms with Gasteiger partial charge in [0.25, 0.3) is 0 Å². The number of carbonyl (C=O) groups is 3. The minimum absolute atomic E-state index is 0.0219. The molecule has 5 aromatic rings. The van der Waals surface area contributed by atoms with Crippen molar-refractivity contribution in [3.8, 4) is 23.0 Å². The van der Waals surface area contributed by atoms with E-state index in [0.29, 0.717) is 99.7 Å². The van der Waals surface area contributed by atoms with E-state index in [1.165, 1.54) is 17.2 Å². The van der Waals surface area contributed by atoms with Crippen LogP contribution in [0.3, 0.4) is 0 Å². The van der Waals surface area contributed by atoms with Gasteiger partial charge < -0.3 is 44.2 Å². The summed E-state index contributed by atoms with van der Waals surface area (Å²) in [7, 11) is 2.16. The van der Waals surface area contributed by atoms with E-state index < -0.39 is 18.0 Å². The molecule has 3 aromatic carbocycles. The summed E-state index contributed by atoms with van der Waals surface area (Å²) < 4.78 is 37.4. The molecule has 3 saturated carbocycles. The van der Waals surface area contributed by atoms with Gasteiger partial charge in [0.05, 0.1) is 81.2 Å². The van der Waals surface area contributed by atoms with Crippen LogP contribution in [0.4, 0.5) is 5.69 Å². The summed E-state index contributed by atoms with van der Waals surface area (Å²) in [5.41, 5.74) is 7.40. The molecule has 71 heavy (non-hydrogen) atoms. The van der Waals surface area contributed by atoms with Gasteiger partial charge in [0.2, 0.25) is 0 Å². The SMILES string of the molecule is Cc1n[nH]c(C)c1CCCOc1cc(OCCCCCCNCCOCCOCCn2cc(CNc3ccc(C(=O)Oc4ccc5c6c4O[C@H]4C(=O)CC78C[C@]64[C@@H]7[C@@H](C5)N8C)cc3)nn2)cc(C(=O)O)c1. The molecule has 6 aliphatic rings. The minimum Gasteiger partial charge on any atom is -0.493 e. The van der Waals surface area contributed by atoms with Crippen molar-refractivity contribution < 1.29 is 47.9 Å². The standard InChI is InChI=1S/C53H64N8O10/c1-33-42(34(2)57-56-33)9-8-20-69-41-26-37(50(63)64)25-40(28-41)68-19-7-5-4-6-16-54-17-21-66-23-24-67-22-18-61-31-39(58-59-61)30-55-38-13-10-35(11-14-38)51(65)70-45-15-12-36-27-43-48-52(60(43)3)29-44(62)49-53(48,32-52)46(36)47(45)71-49/h10-15,25-26,28,31,43,48-49,54-55H,4-9,16-24,27,29-30,32H2,1-3H3,(H,56,57)(H,63,64)/t43-,48-,49+,52?,53-/m1/s1. The number of hydrogen-bond donors (Lipinski definition) is 4. The number of H-pyrrole nitrogens is 1. The Labute approximate surface area is 413 Å². The molecule has 18 heteroatoms. The molecule has 0 radical (unpaired) electrons. The van der Waals surface area contributed by atoms with Crippen molar-refractivity contribution in [3.05, 3.63) is 106 Å². The largest absolute Gasteiger partial charge is 0.493 e. The van der Waals surface area contributed by atoms with Crippen molar-refractivity contribution >= 4 is 23.4 Å². The molecule has 0 amide bonds. The number of aryl methyl sites for hydroxylation is 2. The average Bonchev–Trinajstić information content (AvgIpc) is 4.08. The average molecular weight is 973 g/mol. The second-order valence-corrected chi connectivity index (χ2v) is 19.6. The smallest absolute Gasteiger partial charge is 0.343 e. The number of aromatic amines is 1. The van der Waals surface area contributed by atoms with Crippen LogP contribution in [0.5, 0.6) is 23.0 Å². The first-order chi connectivity index (χ1) is 34.5. The van der Waals surface area contributed by atoms with Gasteiger partial charge in [-0.15, -0.1) is 5.10 Å². The second-order valence-electron chi connectivity index (χ2n) is 19.6. The number of fused-ring (bicyclic) bond motifs is 1. The maximum Gasteiger partial charge on any atom is 0.343 e. The van der Waals surface area contributed by atoms with Crippen molar-refractivity contribution in [2.75, 3.05) is 65.1 Å². The van der Waals surface area contributed by atoms with Gasteiger partial charge in [-0.2, -0.15) is 5.10 Å². The number of rotatable bonds is 28. The highest BCUT2D eigenvalue weighted by Gasteiger charge is 2.85. The summed E-state index contributed by atoms with van der Waals surface area (Å²) in [5, 5.41) is 32.1. The number of aromatic carboxylic acids is 1. The first kappa shape index (κ1) is 48.3. The summed E-state index contributed by atoms with van der Waals surface area (Å²) in [5.74, 6) is 1.04. The Kier molecular flexibility index (Phi) is 14.1. The van der Waals surface area contributed by atoms with Crippen LogP contribution in [0.15, 0.2) is 60.8 Å². The lowest BCUT2D eigenvalue weighted by atomic mass is 9.31. The van der Waals surface area contributed by atoms with Crippen LogP contribution in [0.2, 0.25) is 0 Å². The van der Waals surface area contributed by atoms with Crippen LogP contribution >= 0.6 is 0 Å². The number of aromatic nitrogens is 5. The number of nitrogens with zero attached hydrogens (tertiary/aromatic N) is 5. The topological polar surface area (TPSA) is 214 Å². The van der Waals surface area contributed by atoms with Crippen molar-refractivity contribution in [1.29, 1.82) is 0 Å². The van der Waals surface area contributed by atoms with Gasteiger partial charge in [-0.25, -0.2) is 14.3 Å². The highest BCUT2D eigenvalue weighted by atomic mass is 16.6. The predicted octanol–water partition coefficient (Wildman–Crippen LogP) is 6.02. The van der Waals surface area contributed by atoms with Gasteiger partial charge in [0.15, 0.2) is 23.4 Å². The number of hydrogen-bond acceptors (Lipinski definition) is 15. The molecule has 2 aliphatic heterocycles. The van der Waals surface area contributed by atoms with Gasteiger partial charge in [-0.1, -0.05) is 24.1 Å². The number of piperidine rings is 1. The van der Waals surface area contributed by atoms with E-state index in [2.05, 4.69) is 49.2 Å². The Bertz CT molecular complexity index is 2720. The number of unbranched alkanes of at least 4 members (excludes halogenated alkanes) is 3. The van der Waals surface area contributed by atoms with Crippen molar-refractivity contribution in [3.63, 3.8) is 0 Å². The molecule has 4 N–H and O–H groups in total. The molecule has 4 heterocycles. The zero-order chi connectivity index (χ0) is 49.1. The van der Waals surface area contributed by atoms with E-state index in [1.54, 1.807) is 28.9 Å². The summed E-state index contributed by atoms with van der Waals surface area (Å²) in [6.45, 7) is 9.71. The number of esters is 1. The Morgan fingerprint density at radius 1 is 0.901 bits per heavy atom. The Balaban J connectivity index is 0.544. The maximum atomic E-state index is 13.4. The zero-order valence-corrected chi connectivity index (χ0v) is 40.8. The third kappa shape index (κ3) is 9.61. The lowest BCUT2D eigenvalue weighted by molar-refractivity contribution is -0.278. The van der Waals surface area contributed by atoms with E-state index >= 15 is 0 Å². The van der Waals surface area contributed by atoms with Crippen molar-refractivity contribution in [2.45, 2.75) is 108 Å². The first-order valence-corrected chi connectivity index (χ1v) is 25.1. The summed E-state index contributed by atoms with van der Waals surface area (Å²) in [6, 6.07) is 16.3. The van der Waals surface area contributed by atoms with Crippen LogP contribution in [0, 0.1) is 19.8 Å². The molecule has 2 aromatic heterocycles. The number of carbonyl (C=O) groups excluding carboxylic acids is 2. The number of ether oxygens (including phenoxy) is 6. The molecule has 4 fully saturated rings. The van der Waals surface area contributed by atoms with Gasteiger partial charge in [-0.3, -0.25) is 14.8 Å². The maximum absolute atomic E-state index is 13.4. The molecule has 1 unspecified atom stereocenters. The highest BCUT2D eigenvalue weighted by molar-refractivity contribution is 5.95. The van der Waals surface area contributed by atoms with E-state index in [0.717, 1.165) is 92.8 Å². The molecule has 5 atom stereocenters. The Morgan fingerprint density at radius 2 is 1.68 bits per heavy atom. The molecule has 2 bridgehead atoms. The predicted molar refractivity (Wildman–Crippen MR) is 261 cm³/mol. The lowest BCUT2D eigenvalue weighted by Crippen LogP contribution is -2.91. The quantitative estimate of drug-likeness (QED) is 0.0256. The molecule has 11 rings (SSSR count). The number of likely N-dealkylation sites (tertiary alicyclic amines) is 1. The number of carboxylic acids is 1. The number of benzene rings is 3. The van der Waals surface area contributed by atoms with E-state index in [1.807, 2.05) is 38.2 Å². The summed E-state index contributed by atoms with van der Waals surface area (Å²) >= 11 is 0. The molecule has 1 saturated heterocycles.